The molecule has 0 spiro atoms. The van der Waals surface area contributed by atoms with Crippen LogP contribution in [0.15, 0.2) is 71.7 Å². The maximum Gasteiger partial charge on any atom is 0.411 e. The second-order valence-electron chi connectivity index (χ2n) is 9.71. The van der Waals surface area contributed by atoms with Crippen molar-refractivity contribution in [1.82, 2.24) is 0 Å². The molecule has 0 saturated heterocycles. The predicted octanol–water partition coefficient (Wildman–Crippen LogP) is 8.66. The van der Waals surface area contributed by atoms with E-state index in [9.17, 15) is 0 Å². The van der Waals surface area contributed by atoms with E-state index in [1.807, 2.05) is 6.21 Å². The number of anilines is 1. The Kier molecular flexibility index (Phi) is 9.36. The van der Waals surface area contributed by atoms with Gasteiger partial charge >= 0.3 is 14.4 Å². The number of hydrogen-bond acceptors (Lipinski definition) is 2. The summed E-state index contributed by atoms with van der Waals surface area (Å²) in [4.78, 5) is 4.75. The van der Waals surface area contributed by atoms with Crippen molar-refractivity contribution in [2.75, 3.05) is 4.30 Å². The van der Waals surface area contributed by atoms with Gasteiger partial charge in [0.15, 0.2) is 0 Å². The van der Waals surface area contributed by atoms with Crippen molar-refractivity contribution in [1.29, 1.82) is 0 Å². The Labute approximate surface area is 205 Å². The minimum absolute atomic E-state index is 0.524. The lowest BCUT2D eigenvalue weighted by molar-refractivity contribution is 0.839. The van der Waals surface area contributed by atoms with Gasteiger partial charge in [0, 0.05) is 11.9 Å². The van der Waals surface area contributed by atoms with Crippen LogP contribution in [0.4, 0.5) is 11.4 Å². The van der Waals surface area contributed by atoms with E-state index in [1.54, 1.807) is 0 Å². The van der Waals surface area contributed by atoms with Gasteiger partial charge in [-0.15, -0.1) is 0 Å². The van der Waals surface area contributed by atoms with Gasteiger partial charge in [-0.2, -0.15) is 0 Å². The minimum Gasteiger partial charge on any atom is -0.476 e. The molecular formula is C30H39AlN2. The Hall–Kier alpha value is -2.34. The second-order valence-corrected chi connectivity index (χ2v) is 12.8. The fourth-order valence-corrected chi connectivity index (χ4v) is 6.53. The fraction of sp³-hybridized carbons (Fsp3) is 0.367. The molecule has 3 rings (SSSR count). The summed E-state index contributed by atoms with van der Waals surface area (Å²) in [5.41, 5.74) is 9.20. The smallest absolute Gasteiger partial charge is 0.411 e. The molecule has 172 valence electrons. The Morgan fingerprint density at radius 2 is 1.55 bits per heavy atom. The van der Waals surface area contributed by atoms with E-state index in [-0.39, 0.29) is 0 Å². The van der Waals surface area contributed by atoms with Crippen molar-refractivity contribution in [2.45, 2.75) is 70.4 Å². The first kappa shape index (κ1) is 25.3. The first-order valence-electron chi connectivity index (χ1n) is 12.5. The summed E-state index contributed by atoms with van der Waals surface area (Å²) in [5, 5.41) is 2.47. The van der Waals surface area contributed by atoms with Crippen molar-refractivity contribution in [3.05, 3.63) is 94.5 Å². The first-order chi connectivity index (χ1) is 15.9. The molecule has 0 radical (unpaired) electrons. The molecule has 33 heavy (non-hydrogen) atoms. The largest absolute Gasteiger partial charge is 0.476 e. The van der Waals surface area contributed by atoms with E-state index in [2.05, 4.69) is 113 Å². The van der Waals surface area contributed by atoms with Crippen LogP contribution < -0.4 is 4.30 Å². The van der Waals surface area contributed by atoms with Crippen LogP contribution in [0.25, 0.3) is 0 Å². The Bertz CT molecular complexity index is 1040. The quantitative estimate of drug-likeness (QED) is 0.240. The monoisotopic (exact) mass is 454 g/mol. The highest BCUT2D eigenvalue weighted by Crippen LogP contribution is 2.33. The standard InChI is InChI=1S/C16H16N.C12H18N.C2H5.Al/c1-3-14-8-4-5-9-15(14)12-17-16-10-6-7-13(2)11-16;1-8(2)10-6-5-7-11(9(3)4)12(10)13;1-2;/h4-12H,1,3H2,2H3;5-9,13H,1-4H3;1H2,2H3;/q;-1;;+1. The van der Waals surface area contributed by atoms with Crippen LogP contribution in [0.1, 0.15) is 74.3 Å². The maximum atomic E-state index is 4.75. The molecule has 0 atom stereocenters. The van der Waals surface area contributed by atoms with Gasteiger partial charge in [0.1, 0.15) is 0 Å². The van der Waals surface area contributed by atoms with Crippen molar-refractivity contribution >= 4 is 32.0 Å². The molecule has 0 unspecified atom stereocenters. The summed E-state index contributed by atoms with van der Waals surface area (Å²) in [6.07, 6.45) is 3.12. The third-order valence-corrected chi connectivity index (χ3v) is 9.05. The summed E-state index contributed by atoms with van der Waals surface area (Å²) >= 11 is -1.15. The normalized spacial score (nSPS) is 11.5. The van der Waals surface area contributed by atoms with Crippen LogP contribution in [0.2, 0.25) is 10.6 Å². The average Bonchev–Trinajstić information content (AvgIpc) is 2.80. The van der Waals surface area contributed by atoms with E-state index >= 15 is 0 Å². The van der Waals surface area contributed by atoms with Crippen molar-refractivity contribution in [2.24, 2.45) is 4.99 Å². The minimum atomic E-state index is -1.15. The van der Waals surface area contributed by atoms with Gasteiger partial charge in [-0.25, -0.2) is 0 Å². The molecule has 0 saturated carbocycles. The Balaban J connectivity index is 1.76. The van der Waals surface area contributed by atoms with E-state index < -0.39 is 14.4 Å². The first-order valence-corrected chi connectivity index (χ1v) is 14.7. The van der Waals surface area contributed by atoms with Gasteiger partial charge in [-0.05, 0) is 65.1 Å². The lowest BCUT2D eigenvalue weighted by Crippen LogP contribution is -2.26. The van der Waals surface area contributed by atoms with Crippen LogP contribution in [0, 0.1) is 6.92 Å². The highest BCUT2D eigenvalue weighted by atomic mass is 27.2. The number of aryl methyl sites for hydroxylation is 2. The summed E-state index contributed by atoms with van der Waals surface area (Å²) < 4.78 is 4.09. The molecule has 1 N–H and O–H groups in total. The van der Waals surface area contributed by atoms with Crippen LogP contribution >= 0.6 is 0 Å². The molecule has 0 aliphatic carbocycles. The van der Waals surface area contributed by atoms with Crippen molar-refractivity contribution < 1.29 is 0 Å². The van der Waals surface area contributed by atoms with E-state index in [0.717, 1.165) is 12.1 Å². The zero-order valence-corrected chi connectivity index (χ0v) is 22.4. The van der Waals surface area contributed by atoms with E-state index in [1.165, 1.54) is 44.1 Å². The number of para-hydroxylation sites is 1. The number of nitrogens with one attached hydrogen (secondary N) is 1. The third kappa shape index (κ3) is 7.07. The van der Waals surface area contributed by atoms with Crippen LogP contribution in [-0.2, 0) is 6.42 Å². The Morgan fingerprint density at radius 1 is 0.879 bits per heavy atom. The number of aliphatic imine (C=N–C) groups is 1. The number of benzene rings is 3. The van der Waals surface area contributed by atoms with Crippen molar-refractivity contribution in [3.63, 3.8) is 0 Å². The summed E-state index contributed by atoms with van der Waals surface area (Å²) in [5.74, 6) is 1.05. The van der Waals surface area contributed by atoms with Crippen LogP contribution in [-0.4, -0.2) is 20.6 Å². The van der Waals surface area contributed by atoms with Gasteiger partial charge in [-0.1, -0.05) is 99.8 Å². The van der Waals surface area contributed by atoms with Gasteiger partial charge in [-0.3, -0.25) is 4.99 Å². The van der Waals surface area contributed by atoms with Crippen LogP contribution in [0.5, 0.6) is 0 Å². The molecule has 3 aromatic carbocycles. The lowest BCUT2D eigenvalue weighted by Gasteiger charge is -2.24. The molecule has 0 aromatic heterocycles. The highest BCUT2D eigenvalue weighted by Gasteiger charge is 2.21. The van der Waals surface area contributed by atoms with E-state index in [0.29, 0.717) is 11.8 Å². The second kappa shape index (κ2) is 12.2. The molecule has 0 bridgehead atoms. The SMILES string of the molecule is C[CH2][Al]([CH2]Cc1ccccc1C=Nc1cccc(C)c1)[NH]c1c(C(C)C)cccc1C(C)C. The predicted molar refractivity (Wildman–Crippen MR) is 148 cm³/mol. The Morgan fingerprint density at radius 3 is 2.18 bits per heavy atom. The third-order valence-electron chi connectivity index (χ3n) is 6.39. The molecule has 0 fully saturated rings. The maximum absolute atomic E-state index is 4.75. The highest BCUT2D eigenvalue weighted by molar-refractivity contribution is 6.62. The van der Waals surface area contributed by atoms with E-state index in [4.69, 9.17) is 4.99 Å². The summed E-state index contributed by atoms with van der Waals surface area (Å²) in [6, 6.07) is 23.9. The fourth-order valence-electron chi connectivity index (χ4n) is 4.37. The van der Waals surface area contributed by atoms with Crippen molar-refractivity contribution in [3.8, 4) is 0 Å². The summed E-state index contributed by atoms with van der Waals surface area (Å²) in [6.45, 7) is 13.7. The number of rotatable bonds is 10. The topological polar surface area (TPSA) is 24.4 Å². The molecule has 0 aliphatic rings. The molecule has 0 aliphatic heterocycles. The molecule has 2 nitrogen and oxygen atoms in total. The molecule has 3 heteroatoms. The average molecular weight is 455 g/mol. The number of nitrogens with zero attached hydrogens (tertiary/aromatic N) is 1. The van der Waals surface area contributed by atoms with Gasteiger partial charge in [0.2, 0.25) is 0 Å². The molecular weight excluding hydrogens is 415 g/mol. The summed E-state index contributed by atoms with van der Waals surface area (Å²) in [7, 11) is 0. The molecule has 3 aromatic rings. The number of hydrogen-bond donors (Lipinski definition) is 1. The van der Waals surface area contributed by atoms with Gasteiger partial charge in [0.25, 0.3) is 0 Å². The lowest BCUT2D eigenvalue weighted by atomic mass is 9.93. The zero-order valence-electron chi connectivity index (χ0n) is 21.2. The van der Waals surface area contributed by atoms with Gasteiger partial charge in [0.05, 0.1) is 5.69 Å². The molecule has 0 heterocycles. The zero-order chi connectivity index (χ0) is 23.8. The van der Waals surface area contributed by atoms with Crippen LogP contribution in [0.3, 0.4) is 0 Å². The van der Waals surface area contributed by atoms with Gasteiger partial charge < -0.3 is 4.30 Å². The molecule has 0 amide bonds.